The highest BCUT2D eigenvalue weighted by molar-refractivity contribution is 6.99. The smallest absolute Gasteiger partial charge is 0.261 e. The topological polar surface area (TPSA) is 29.5 Å². The van der Waals surface area contributed by atoms with Gasteiger partial charge in [0.1, 0.15) is 0 Å². The molecule has 148 valence electrons. The van der Waals surface area contributed by atoms with Gasteiger partial charge in [0.2, 0.25) is 0 Å². The SMILES string of the molecule is CCCCCC(O[Si](c1ccccc1)(c1ccccc1)C(C)(C)C)C(C)O. The summed E-state index contributed by atoms with van der Waals surface area (Å²) in [7, 11) is -2.60. The third-order valence-electron chi connectivity index (χ3n) is 5.38. The molecule has 2 aromatic rings. The molecule has 1 N–H and O–H groups in total. The third kappa shape index (κ3) is 5.10. The highest BCUT2D eigenvalue weighted by Crippen LogP contribution is 2.38. The van der Waals surface area contributed by atoms with Gasteiger partial charge in [-0.3, -0.25) is 0 Å². The van der Waals surface area contributed by atoms with Gasteiger partial charge in [0, 0.05) is 0 Å². The lowest BCUT2D eigenvalue weighted by Gasteiger charge is -2.45. The molecule has 0 bridgehead atoms. The van der Waals surface area contributed by atoms with Gasteiger partial charge in [-0.05, 0) is 28.8 Å². The molecule has 2 unspecified atom stereocenters. The monoisotopic (exact) mass is 384 g/mol. The fraction of sp³-hybridized carbons (Fsp3) is 0.500. The fourth-order valence-corrected chi connectivity index (χ4v) is 8.70. The van der Waals surface area contributed by atoms with E-state index >= 15 is 0 Å². The van der Waals surface area contributed by atoms with E-state index in [1.807, 2.05) is 6.92 Å². The predicted octanol–water partition coefficient (Wildman–Crippen LogP) is 4.89. The molecule has 2 nitrogen and oxygen atoms in total. The number of aliphatic hydroxyl groups excluding tert-OH is 1. The Morgan fingerprint density at radius 1 is 0.889 bits per heavy atom. The molecule has 0 radical (unpaired) electrons. The Morgan fingerprint density at radius 3 is 1.74 bits per heavy atom. The summed E-state index contributed by atoms with van der Waals surface area (Å²) < 4.78 is 7.07. The van der Waals surface area contributed by atoms with Gasteiger partial charge in [-0.2, -0.15) is 0 Å². The Kier molecular flexibility index (Phi) is 7.84. The molecule has 0 aromatic heterocycles. The second-order valence-corrected chi connectivity index (χ2v) is 12.8. The molecule has 0 fully saturated rings. The van der Waals surface area contributed by atoms with Crippen molar-refractivity contribution >= 4 is 18.7 Å². The van der Waals surface area contributed by atoms with E-state index < -0.39 is 14.4 Å². The normalized spacial score (nSPS) is 14.7. The summed E-state index contributed by atoms with van der Waals surface area (Å²) in [6, 6.07) is 21.3. The lowest BCUT2D eigenvalue weighted by Crippen LogP contribution is -2.68. The zero-order valence-corrected chi connectivity index (χ0v) is 18.6. The number of hydrogen-bond donors (Lipinski definition) is 1. The van der Waals surface area contributed by atoms with Crippen LogP contribution in [0.15, 0.2) is 60.7 Å². The molecule has 0 aliphatic heterocycles. The number of unbranched alkanes of at least 4 members (excludes halogenated alkanes) is 2. The molecule has 0 saturated heterocycles. The Labute approximate surface area is 166 Å². The molecule has 0 aliphatic rings. The van der Waals surface area contributed by atoms with E-state index in [4.69, 9.17) is 4.43 Å². The maximum absolute atomic E-state index is 10.5. The molecule has 27 heavy (non-hydrogen) atoms. The summed E-state index contributed by atoms with van der Waals surface area (Å²) in [6.45, 7) is 10.9. The van der Waals surface area contributed by atoms with Crippen molar-refractivity contribution in [3.05, 3.63) is 60.7 Å². The average Bonchev–Trinajstić information content (AvgIpc) is 2.65. The van der Waals surface area contributed by atoms with Gasteiger partial charge in [0.25, 0.3) is 8.32 Å². The second kappa shape index (κ2) is 9.68. The largest absolute Gasteiger partial charge is 0.402 e. The van der Waals surface area contributed by atoms with Crippen molar-refractivity contribution in [3.63, 3.8) is 0 Å². The first-order chi connectivity index (χ1) is 12.8. The van der Waals surface area contributed by atoms with Gasteiger partial charge >= 0.3 is 0 Å². The average molecular weight is 385 g/mol. The van der Waals surface area contributed by atoms with Crippen molar-refractivity contribution in [3.8, 4) is 0 Å². The van der Waals surface area contributed by atoms with Crippen LogP contribution in [0.3, 0.4) is 0 Å². The van der Waals surface area contributed by atoms with Crippen LogP contribution in [0.5, 0.6) is 0 Å². The van der Waals surface area contributed by atoms with Crippen molar-refractivity contribution in [1.29, 1.82) is 0 Å². The van der Waals surface area contributed by atoms with Crippen LogP contribution in [-0.4, -0.2) is 25.6 Å². The second-order valence-electron chi connectivity index (χ2n) is 8.56. The molecular formula is C24H36O2Si. The minimum Gasteiger partial charge on any atom is -0.402 e. The van der Waals surface area contributed by atoms with Crippen molar-refractivity contribution in [2.24, 2.45) is 0 Å². The Balaban J connectivity index is 2.57. The molecule has 0 saturated carbocycles. The molecule has 2 atom stereocenters. The van der Waals surface area contributed by atoms with E-state index in [1.54, 1.807) is 0 Å². The maximum atomic E-state index is 10.5. The van der Waals surface area contributed by atoms with Crippen LogP contribution < -0.4 is 10.4 Å². The molecular weight excluding hydrogens is 348 g/mol. The van der Waals surface area contributed by atoms with E-state index in [-0.39, 0.29) is 11.1 Å². The van der Waals surface area contributed by atoms with Crippen LogP contribution >= 0.6 is 0 Å². The van der Waals surface area contributed by atoms with Crippen molar-refractivity contribution in [2.45, 2.75) is 77.5 Å². The lowest BCUT2D eigenvalue weighted by molar-refractivity contribution is 0.0353. The molecule has 0 spiro atoms. The molecule has 2 rings (SSSR count). The van der Waals surface area contributed by atoms with Gasteiger partial charge < -0.3 is 9.53 Å². The number of rotatable bonds is 9. The zero-order valence-electron chi connectivity index (χ0n) is 17.6. The summed E-state index contributed by atoms with van der Waals surface area (Å²) in [5.74, 6) is 0. The van der Waals surface area contributed by atoms with Gasteiger partial charge in [0.15, 0.2) is 0 Å². The van der Waals surface area contributed by atoms with Gasteiger partial charge in [0.05, 0.1) is 12.2 Å². The summed E-state index contributed by atoms with van der Waals surface area (Å²) >= 11 is 0. The van der Waals surface area contributed by atoms with E-state index in [0.717, 1.165) is 12.8 Å². The van der Waals surface area contributed by atoms with Gasteiger partial charge in [-0.15, -0.1) is 0 Å². The molecule has 2 aromatic carbocycles. The van der Waals surface area contributed by atoms with Crippen LogP contribution in [-0.2, 0) is 4.43 Å². The Morgan fingerprint density at radius 2 is 1.37 bits per heavy atom. The van der Waals surface area contributed by atoms with Crippen molar-refractivity contribution in [2.75, 3.05) is 0 Å². The van der Waals surface area contributed by atoms with Crippen molar-refractivity contribution < 1.29 is 9.53 Å². The molecule has 0 heterocycles. The Hall–Kier alpha value is -1.42. The van der Waals surface area contributed by atoms with Gasteiger partial charge in [-0.1, -0.05) is 108 Å². The molecule has 0 amide bonds. The molecule has 0 aliphatic carbocycles. The first-order valence-electron chi connectivity index (χ1n) is 10.3. The van der Waals surface area contributed by atoms with Crippen LogP contribution in [0.4, 0.5) is 0 Å². The number of aliphatic hydroxyl groups is 1. The summed E-state index contributed by atoms with van der Waals surface area (Å²) in [4.78, 5) is 0. The molecule has 3 heteroatoms. The Bertz CT molecular complexity index is 622. The fourth-order valence-electron chi connectivity index (χ4n) is 3.91. The highest BCUT2D eigenvalue weighted by Gasteiger charge is 2.51. The first-order valence-corrected chi connectivity index (χ1v) is 12.2. The maximum Gasteiger partial charge on any atom is 0.261 e. The third-order valence-corrected chi connectivity index (χ3v) is 10.4. The zero-order chi connectivity index (χ0) is 19.9. The van der Waals surface area contributed by atoms with Crippen molar-refractivity contribution in [1.82, 2.24) is 0 Å². The minimum absolute atomic E-state index is 0.0619. The van der Waals surface area contributed by atoms with Gasteiger partial charge in [-0.25, -0.2) is 0 Å². The first kappa shape index (κ1) is 21.9. The minimum atomic E-state index is -2.60. The van der Waals surface area contributed by atoms with Crippen LogP contribution in [0.1, 0.15) is 60.3 Å². The van der Waals surface area contributed by atoms with Crippen LogP contribution in [0.25, 0.3) is 0 Å². The van der Waals surface area contributed by atoms with E-state index in [1.165, 1.54) is 23.2 Å². The van der Waals surface area contributed by atoms with E-state index in [9.17, 15) is 5.11 Å². The van der Waals surface area contributed by atoms with Crippen LogP contribution in [0, 0.1) is 0 Å². The summed E-state index contributed by atoms with van der Waals surface area (Å²) in [5, 5.41) is 13.0. The van der Waals surface area contributed by atoms with E-state index in [2.05, 4.69) is 88.4 Å². The number of hydrogen-bond acceptors (Lipinski definition) is 2. The summed E-state index contributed by atoms with van der Waals surface area (Å²) in [6.07, 6.45) is 3.70. The lowest BCUT2D eigenvalue weighted by atomic mass is 10.1. The quantitative estimate of drug-likeness (QED) is 0.492. The highest BCUT2D eigenvalue weighted by atomic mass is 28.4. The standard InChI is InChI=1S/C24H36O2Si/c1-6-7-10-19-23(20(2)25)26-27(24(3,4)5,21-15-11-8-12-16-21)22-17-13-9-14-18-22/h8-9,11-18,20,23,25H,6-7,10,19H2,1-5H3. The predicted molar refractivity (Wildman–Crippen MR) is 118 cm³/mol. The van der Waals surface area contributed by atoms with E-state index in [0.29, 0.717) is 0 Å². The van der Waals surface area contributed by atoms with Crippen LogP contribution in [0.2, 0.25) is 5.04 Å². The number of benzene rings is 2. The summed E-state index contributed by atoms with van der Waals surface area (Å²) in [5.41, 5.74) is 0.